The van der Waals surface area contributed by atoms with Crippen LogP contribution < -0.4 is 11.1 Å². The Morgan fingerprint density at radius 3 is 2.41 bits per heavy atom. The third-order valence-electron chi connectivity index (χ3n) is 5.91. The lowest BCUT2D eigenvalue weighted by atomic mass is 10.0. The number of halogens is 1. The van der Waals surface area contributed by atoms with Crippen LogP contribution in [0.15, 0.2) is 71.3 Å². The number of ether oxygens (including phenoxy) is 1. The van der Waals surface area contributed by atoms with Crippen LogP contribution in [0.5, 0.6) is 0 Å². The zero-order chi connectivity index (χ0) is 30.6. The van der Waals surface area contributed by atoms with Crippen LogP contribution in [0.3, 0.4) is 0 Å². The number of carbonyl (C=O) groups excluding carboxylic acids is 2. The molecule has 1 atom stereocenters. The van der Waals surface area contributed by atoms with Gasteiger partial charge >= 0.3 is 0 Å². The van der Waals surface area contributed by atoms with Gasteiger partial charge in [0.2, 0.25) is 5.89 Å². The number of rotatable bonds is 16. The maximum absolute atomic E-state index is 13.2. The van der Waals surface area contributed by atoms with Crippen molar-refractivity contribution >= 4 is 11.8 Å². The molecular weight excluding hydrogens is 523 g/mol. The molecule has 1 aromatic heterocycles. The van der Waals surface area contributed by atoms with E-state index in [-0.39, 0.29) is 30.2 Å². The average molecular weight is 571 g/mol. The fraction of sp³-hybridized carbons (Fsp3) is 0.469. The van der Waals surface area contributed by atoms with Gasteiger partial charge in [0.15, 0.2) is 0 Å². The van der Waals surface area contributed by atoms with Gasteiger partial charge in [0.05, 0.1) is 12.8 Å². The minimum absolute atomic E-state index is 0.114. The molecule has 226 valence electrons. The van der Waals surface area contributed by atoms with Crippen LogP contribution in [0.2, 0.25) is 0 Å². The predicted octanol–water partition coefficient (Wildman–Crippen LogP) is 6.47. The molecule has 2 amide bonds. The quantitative estimate of drug-likeness (QED) is 0.177. The summed E-state index contributed by atoms with van der Waals surface area (Å²) in [5.41, 5.74) is 8.32. The summed E-state index contributed by atoms with van der Waals surface area (Å²) >= 11 is 0. The molecule has 2 rings (SSSR count). The first-order valence-corrected chi connectivity index (χ1v) is 14.3. The molecule has 41 heavy (non-hydrogen) atoms. The second kappa shape index (κ2) is 20.3. The number of hydrogen-bond acceptors (Lipinski definition) is 6. The molecular formula is C32H47FN4O4. The summed E-state index contributed by atoms with van der Waals surface area (Å²) in [4.78, 5) is 32.0. The summed E-state index contributed by atoms with van der Waals surface area (Å²) < 4.78 is 23.2. The fourth-order valence-corrected chi connectivity index (χ4v) is 3.63. The highest BCUT2D eigenvalue weighted by Gasteiger charge is 2.19. The van der Waals surface area contributed by atoms with Crippen molar-refractivity contribution < 1.29 is 23.1 Å². The Bertz CT molecular complexity index is 1120. The molecule has 0 aliphatic heterocycles. The van der Waals surface area contributed by atoms with Gasteiger partial charge in [-0.15, -0.1) is 0 Å². The molecule has 0 spiro atoms. The molecule has 1 heterocycles. The van der Waals surface area contributed by atoms with Gasteiger partial charge in [-0.1, -0.05) is 45.4 Å². The normalized spacial score (nSPS) is 12.3. The highest BCUT2D eigenvalue weighted by Crippen LogP contribution is 2.22. The smallest absolute Gasteiger partial charge is 0.253 e. The average Bonchev–Trinajstić information content (AvgIpc) is 3.53. The molecule has 0 aliphatic rings. The maximum Gasteiger partial charge on any atom is 0.253 e. The van der Waals surface area contributed by atoms with E-state index >= 15 is 0 Å². The Hall–Kier alpha value is -3.56. The van der Waals surface area contributed by atoms with Crippen LogP contribution in [0.1, 0.15) is 81.0 Å². The van der Waals surface area contributed by atoms with Crippen LogP contribution in [0.25, 0.3) is 11.5 Å². The molecule has 1 aromatic carbocycles. The van der Waals surface area contributed by atoms with Gasteiger partial charge in [-0.05, 0) is 63.5 Å². The Balaban J connectivity index is 0.000000803. The number of nitrogens with one attached hydrogen (secondary N) is 1. The molecule has 9 heteroatoms. The summed E-state index contributed by atoms with van der Waals surface area (Å²) in [6.45, 7) is 15.8. The number of oxazole rings is 1. The van der Waals surface area contributed by atoms with Gasteiger partial charge in [-0.25, -0.2) is 9.37 Å². The summed E-state index contributed by atoms with van der Waals surface area (Å²) in [6.07, 6.45) is 11.2. The van der Waals surface area contributed by atoms with Crippen molar-refractivity contribution in [1.82, 2.24) is 15.2 Å². The highest BCUT2D eigenvalue weighted by atomic mass is 19.1. The lowest BCUT2D eigenvalue weighted by Gasteiger charge is -2.22. The first-order chi connectivity index (χ1) is 19.7. The summed E-state index contributed by atoms with van der Waals surface area (Å²) in [6, 6.07) is 4.70. The van der Waals surface area contributed by atoms with E-state index in [9.17, 15) is 14.0 Å². The van der Waals surface area contributed by atoms with Crippen LogP contribution in [-0.2, 0) is 4.74 Å². The number of hydrogen-bond donors (Lipinski definition) is 2. The standard InChI is InChI=1S/C24H36N4O4.C8H11F/c1-4-7-11-31-17-21(25)16-27-22(29)18-13-19(23-26-8-12-32-23)15-20(14-18)24(30)28(9-5-2)10-6-3;1-4-7(3)6-8(9)5-2/h8,12-15,21H,4-7,9-11,16-17,25H2,1-3H3,(H,27,29);4-6H,2H2,1,3H3/b;7-4-,8-6+. The van der Waals surface area contributed by atoms with E-state index in [1.54, 1.807) is 23.1 Å². The largest absolute Gasteiger partial charge is 0.445 e. The monoisotopic (exact) mass is 570 g/mol. The molecule has 0 radical (unpaired) electrons. The lowest BCUT2D eigenvalue weighted by Crippen LogP contribution is -2.40. The van der Waals surface area contributed by atoms with Crippen molar-refractivity contribution in [2.75, 3.05) is 32.8 Å². The van der Waals surface area contributed by atoms with Crippen molar-refractivity contribution in [3.05, 3.63) is 78.0 Å². The Morgan fingerprint density at radius 2 is 1.85 bits per heavy atom. The second-order valence-electron chi connectivity index (χ2n) is 9.59. The van der Waals surface area contributed by atoms with E-state index in [0.29, 0.717) is 48.9 Å². The van der Waals surface area contributed by atoms with Crippen LogP contribution in [-0.4, -0.2) is 60.6 Å². The summed E-state index contributed by atoms with van der Waals surface area (Å²) in [5, 5.41) is 2.84. The van der Waals surface area contributed by atoms with Crippen LogP contribution in [0, 0.1) is 0 Å². The topological polar surface area (TPSA) is 111 Å². The zero-order valence-electron chi connectivity index (χ0n) is 25.2. The number of benzene rings is 1. The van der Waals surface area contributed by atoms with E-state index < -0.39 is 0 Å². The van der Waals surface area contributed by atoms with Gasteiger partial charge in [-0.2, -0.15) is 0 Å². The maximum atomic E-state index is 13.2. The summed E-state index contributed by atoms with van der Waals surface area (Å²) in [7, 11) is 0. The van der Waals surface area contributed by atoms with Crippen molar-refractivity contribution in [3.63, 3.8) is 0 Å². The zero-order valence-corrected chi connectivity index (χ0v) is 25.2. The molecule has 0 aliphatic carbocycles. The third-order valence-corrected chi connectivity index (χ3v) is 5.91. The van der Waals surface area contributed by atoms with E-state index in [2.05, 4.69) is 23.8 Å². The third kappa shape index (κ3) is 13.6. The van der Waals surface area contributed by atoms with Crippen LogP contribution in [0.4, 0.5) is 4.39 Å². The molecule has 2 aromatic rings. The van der Waals surface area contributed by atoms with Gasteiger partial charge < -0.3 is 25.1 Å². The minimum atomic E-state index is -0.311. The van der Waals surface area contributed by atoms with E-state index in [1.807, 2.05) is 33.8 Å². The fourth-order valence-electron chi connectivity index (χ4n) is 3.63. The van der Waals surface area contributed by atoms with Crippen molar-refractivity contribution in [2.45, 2.75) is 66.3 Å². The van der Waals surface area contributed by atoms with Gasteiger partial charge in [0.25, 0.3) is 11.8 Å². The summed E-state index contributed by atoms with van der Waals surface area (Å²) in [5.74, 6) is -0.357. The SMILES string of the molecule is C=C/C(F)=C\C(C)=C/C.CCCCOCC(N)CNC(=O)c1cc(C(=O)N(CCC)CCC)cc(-c2ncco2)c1. The number of nitrogens with zero attached hydrogens (tertiary/aromatic N) is 2. The number of aromatic nitrogens is 1. The second-order valence-corrected chi connectivity index (χ2v) is 9.59. The number of carbonyl (C=O) groups is 2. The van der Waals surface area contributed by atoms with E-state index in [4.69, 9.17) is 14.9 Å². The molecule has 0 fully saturated rings. The first-order valence-electron chi connectivity index (χ1n) is 14.3. The van der Waals surface area contributed by atoms with Gasteiger partial charge in [-0.3, -0.25) is 9.59 Å². The van der Waals surface area contributed by atoms with Crippen molar-refractivity contribution in [3.8, 4) is 11.5 Å². The Kier molecular flexibility index (Phi) is 17.6. The molecule has 1 unspecified atom stereocenters. The number of amides is 2. The molecule has 0 saturated heterocycles. The molecule has 0 bridgehead atoms. The predicted molar refractivity (Wildman–Crippen MR) is 163 cm³/mol. The van der Waals surface area contributed by atoms with Gasteiger partial charge in [0, 0.05) is 49.0 Å². The van der Waals surface area contributed by atoms with Crippen LogP contribution >= 0.6 is 0 Å². The number of nitrogens with two attached hydrogens (primary N) is 1. The van der Waals surface area contributed by atoms with E-state index in [1.165, 1.54) is 24.6 Å². The first kappa shape index (κ1) is 35.5. The van der Waals surface area contributed by atoms with Crippen molar-refractivity contribution in [2.24, 2.45) is 5.73 Å². The molecule has 0 saturated carbocycles. The van der Waals surface area contributed by atoms with E-state index in [0.717, 1.165) is 31.3 Å². The number of unbranched alkanes of at least 4 members (excludes halogenated alkanes) is 1. The number of allylic oxidation sites excluding steroid dienone is 5. The molecule has 3 N–H and O–H groups in total. The Labute approximate surface area is 244 Å². The van der Waals surface area contributed by atoms with Gasteiger partial charge in [0.1, 0.15) is 12.1 Å². The Morgan fingerprint density at radius 1 is 1.17 bits per heavy atom. The minimum Gasteiger partial charge on any atom is -0.445 e. The van der Waals surface area contributed by atoms with Crippen molar-refractivity contribution in [1.29, 1.82) is 0 Å². The molecule has 8 nitrogen and oxygen atoms in total. The lowest BCUT2D eigenvalue weighted by molar-refractivity contribution is 0.0755. The highest BCUT2D eigenvalue weighted by molar-refractivity contribution is 6.01.